The number of amides is 1. The van der Waals surface area contributed by atoms with E-state index >= 15 is 0 Å². The molecule has 1 spiro atoms. The van der Waals surface area contributed by atoms with Crippen molar-refractivity contribution in [3.63, 3.8) is 0 Å². The fourth-order valence-corrected chi connectivity index (χ4v) is 4.04. The summed E-state index contributed by atoms with van der Waals surface area (Å²) in [6, 6.07) is 11.4. The molecule has 1 aromatic heterocycles. The summed E-state index contributed by atoms with van der Waals surface area (Å²) in [5.41, 5.74) is 2.60. The molecule has 2 aromatic carbocycles. The number of nitrogens with one attached hydrogen (secondary N) is 1. The van der Waals surface area contributed by atoms with Gasteiger partial charge in [0.25, 0.3) is 17.0 Å². The van der Waals surface area contributed by atoms with Gasteiger partial charge in [0.05, 0.1) is 10.8 Å². The summed E-state index contributed by atoms with van der Waals surface area (Å²) in [6.45, 7) is 0. The first kappa shape index (κ1) is 16.0. The highest BCUT2D eigenvalue weighted by Crippen LogP contribution is 2.47. The molecule has 0 saturated carbocycles. The number of halogens is 1. The van der Waals surface area contributed by atoms with E-state index in [9.17, 15) is 24.0 Å². The summed E-state index contributed by atoms with van der Waals surface area (Å²) in [4.78, 5) is 39.5. The predicted molar refractivity (Wildman–Crippen MR) is 97.6 cm³/mol. The van der Waals surface area contributed by atoms with Gasteiger partial charge in [-0.2, -0.15) is 9.94 Å². The van der Waals surface area contributed by atoms with Crippen molar-refractivity contribution < 1.29 is 9.18 Å². The highest BCUT2D eigenvalue weighted by atomic mass is 19.1. The third-order valence-corrected chi connectivity index (χ3v) is 5.20. The van der Waals surface area contributed by atoms with Crippen molar-refractivity contribution in [3.05, 3.63) is 80.1 Å². The van der Waals surface area contributed by atoms with Crippen LogP contribution >= 0.6 is 0 Å². The fraction of sp³-hybridized carbons (Fsp3) is 0.0526. The average Bonchev–Trinajstić information content (AvgIpc) is 3.12. The minimum absolute atomic E-state index is 0.0417. The molecule has 8 nitrogen and oxygen atoms in total. The smallest absolute Gasteiger partial charge is 0.279 e. The Balaban J connectivity index is 2.08. The van der Waals surface area contributed by atoms with E-state index in [4.69, 9.17) is 5.73 Å². The molecule has 0 fully saturated rings. The Morgan fingerprint density at radius 3 is 2.43 bits per heavy atom. The van der Waals surface area contributed by atoms with Crippen LogP contribution < -0.4 is 22.2 Å². The fourth-order valence-electron chi connectivity index (χ4n) is 4.04. The van der Waals surface area contributed by atoms with Gasteiger partial charge >= 0.3 is 0 Å². The molecule has 0 radical (unpaired) electrons. The molecule has 3 aromatic rings. The molecule has 28 heavy (non-hydrogen) atoms. The molecular formula is C19H10FN5O3. The molecule has 0 aliphatic carbocycles. The number of carbonyl (C=O) groups excluding carboxylic acids is 1. The Bertz CT molecular complexity index is 1440. The van der Waals surface area contributed by atoms with Crippen LogP contribution in [0.25, 0.3) is 16.6 Å². The first-order chi connectivity index (χ1) is 13.4. The predicted octanol–water partition coefficient (Wildman–Crippen LogP) is 0.662. The van der Waals surface area contributed by atoms with Crippen molar-refractivity contribution in [1.82, 2.24) is 9.36 Å². The number of carbonyl (C=O) groups is 1. The Kier molecular flexibility index (Phi) is 2.83. The van der Waals surface area contributed by atoms with Crippen LogP contribution in [0.5, 0.6) is 0 Å². The molecule has 3 N–H and O–H groups in total. The van der Waals surface area contributed by atoms with Crippen LogP contribution in [0.15, 0.2) is 57.6 Å². The third-order valence-electron chi connectivity index (χ3n) is 5.20. The summed E-state index contributed by atoms with van der Waals surface area (Å²) >= 11 is 0. The van der Waals surface area contributed by atoms with Gasteiger partial charge in [-0.05, 0) is 30.3 Å². The van der Waals surface area contributed by atoms with Gasteiger partial charge in [0.15, 0.2) is 0 Å². The quantitative estimate of drug-likeness (QED) is 0.598. The Hall–Kier alpha value is -4.19. The van der Waals surface area contributed by atoms with E-state index in [1.54, 1.807) is 12.1 Å². The van der Waals surface area contributed by atoms with E-state index < -0.39 is 28.4 Å². The van der Waals surface area contributed by atoms with Crippen LogP contribution in [-0.2, 0) is 10.3 Å². The lowest BCUT2D eigenvalue weighted by molar-refractivity contribution is -0.120. The summed E-state index contributed by atoms with van der Waals surface area (Å²) in [5, 5.41) is 12.5. The van der Waals surface area contributed by atoms with Crippen molar-refractivity contribution in [2.75, 3.05) is 5.32 Å². The molecular weight excluding hydrogens is 365 g/mol. The van der Waals surface area contributed by atoms with Crippen LogP contribution in [0.4, 0.5) is 10.1 Å². The normalized spacial score (nSPS) is 19.6. The topological polar surface area (TPSA) is 123 Å². The van der Waals surface area contributed by atoms with E-state index in [1.165, 1.54) is 18.2 Å². The molecule has 0 saturated heterocycles. The molecule has 2 aliphatic heterocycles. The number of nitriles is 1. The van der Waals surface area contributed by atoms with Crippen LogP contribution in [0.1, 0.15) is 5.56 Å². The number of nitrogens with two attached hydrogens (primary N) is 1. The zero-order chi connectivity index (χ0) is 19.8. The zero-order valence-electron chi connectivity index (χ0n) is 14.1. The molecule has 2 aliphatic rings. The van der Waals surface area contributed by atoms with Crippen molar-refractivity contribution in [2.45, 2.75) is 5.54 Å². The van der Waals surface area contributed by atoms with E-state index in [0.29, 0.717) is 0 Å². The molecule has 0 bridgehead atoms. The van der Waals surface area contributed by atoms with Gasteiger partial charge in [-0.1, -0.05) is 12.1 Å². The zero-order valence-corrected chi connectivity index (χ0v) is 14.1. The standard InChI is InChI=1S/C19H10FN5O3/c20-9-5-6-14-12(7-9)19(18(28)23-14)13(8-21)15(22)24-16(26)10-3-1-2-4-11(10)17(27)25(19)24/h1-7H,22H2,(H,23,28). The maximum atomic E-state index is 14.0. The summed E-state index contributed by atoms with van der Waals surface area (Å²) < 4.78 is 15.7. The number of hydrogen-bond donors (Lipinski definition) is 2. The van der Waals surface area contributed by atoms with Gasteiger partial charge in [-0.25, -0.2) is 9.07 Å². The van der Waals surface area contributed by atoms with Crippen LogP contribution in [-0.4, -0.2) is 15.3 Å². The Morgan fingerprint density at radius 2 is 1.75 bits per heavy atom. The number of benzene rings is 2. The van der Waals surface area contributed by atoms with E-state index in [-0.39, 0.29) is 33.4 Å². The van der Waals surface area contributed by atoms with Gasteiger partial charge < -0.3 is 11.1 Å². The second kappa shape index (κ2) is 4.95. The van der Waals surface area contributed by atoms with Crippen LogP contribution in [0.3, 0.4) is 0 Å². The molecule has 9 heteroatoms. The molecule has 3 heterocycles. The van der Waals surface area contributed by atoms with Crippen molar-refractivity contribution in [2.24, 2.45) is 5.73 Å². The second-order valence-corrected chi connectivity index (χ2v) is 6.51. The molecule has 1 unspecified atom stereocenters. The summed E-state index contributed by atoms with van der Waals surface area (Å²) in [5.74, 6) is -1.78. The van der Waals surface area contributed by atoms with E-state index in [1.807, 2.05) is 6.07 Å². The van der Waals surface area contributed by atoms with Crippen molar-refractivity contribution in [1.29, 1.82) is 5.26 Å². The summed E-state index contributed by atoms with van der Waals surface area (Å²) in [6.07, 6.45) is 0. The highest BCUT2D eigenvalue weighted by Gasteiger charge is 2.59. The number of nitrogens with zero attached hydrogens (tertiary/aromatic N) is 3. The number of fused-ring (bicyclic) bond motifs is 5. The highest BCUT2D eigenvalue weighted by molar-refractivity contribution is 6.10. The van der Waals surface area contributed by atoms with Gasteiger partial charge in [0.1, 0.15) is 23.3 Å². The van der Waals surface area contributed by atoms with E-state index in [2.05, 4.69) is 5.32 Å². The third kappa shape index (κ3) is 1.56. The lowest BCUT2D eigenvalue weighted by Crippen LogP contribution is -2.50. The maximum absolute atomic E-state index is 14.0. The van der Waals surface area contributed by atoms with Crippen molar-refractivity contribution in [3.8, 4) is 6.07 Å². The lowest BCUT2D eigenvalue weighted by atomic mass is 9.84. The van der Waals surface area contributed by atoms with Gasteiger partial charge in [0, 0.05) is 11.3 Å². The number of hydrogen-bond acceptors (Lipinski definition) is 5. The summed E-state index contributed by atoms with van der Waals surface area (Å²) in [7, 11) is 0. The minimum Gasteiger partial charge on any atom is -0.383 e. The SMILES string of the molecule is N#CC1=C(N)n2c(=O)c3ccccc3c(=O)n2C12C(=O)Nc1ccc(F)cc12. The monoisotopic (exact) mass is 375 g/mol. The average molecular weight is 375 g/mol. The van der Waals surface area contributed by atoms with Gasteiger partial charge in [0.2, 0.25) is 5.54 Å². The molecule has 5 rings (SSSR count). The molecule has 136 valence electrons. The Labute approximate surface area is 155 Å². The Morgan fingerprint density at radius 1 is 1.07 bits per heavy atom. The van der Waals surface area contributed by atoms with Gasteiger partial charge in [-0.3, -0.25) is 14.4 Å². The van der Waals surface area contributed by atoms with Crippen molar-refractivity contribution >= 4 is 28.2 Å². The first-order valence-corrected chi connectivity index (χ1v) is 8.22. The molecule has 1 amide bonds. The number of anilines is 1. The number of aromatic nitrogens is 2. The van der Waals surface area contributed by atoms with Crippen LogP contribution in [0.2, 0.25) is 0 Å². The van der Waals surface area contributed by atoms with E-state index in [0.717, 1.165) is 21.5 Å². The second-order valence-electron chi connectivity index (χ2n) is 6.51. The largest absolute Gasteiger partial charge is 0.383 e. The van der Waals surface area contributed by atoms with Crippen LogP contribution in [0, 0.1) is 17.1 Å². The maximum Gasteiger partial charge on any atom is 0.279 e. The first-order valence-electron chi connectivity index (χ1n) is 8.22. The minimum atomic E-state index is -2.06. The van der Waals surface area contributed by atoms with Gasteiger partial charge in [-0.15, -0.1) is 0 Å². The lowest BCUT2D eigenvalue weighted by Gasteiger charge is -2.25. The number of rotatable bonds is 0. The molecule has 1 atom stereocenters.